The van der Waals surface area contributed by atoms with Gasteiger partial charge in [0, 0.05) is 43.3 Å². The number of hydrogen-bond donors (Lipinski definition) is 1. The quantitative estimate of drug-likeness (QED) is 0.493. The third-order valence-electron chi connectivity index (χ3n) is 2.81. The van der Waals surface area contributed by atoms with Crippen LogP contribution in [0.1, 0.15) is 27.7 Å². The van der Waals surface area contributed by atoms with Crippen molar-refractivity contribution in [3.8, 4) is 12.1 Å². The third kappa shape index (κ3) is 2.33. The van der Waals surface area contributed by atoms with Crippen LogP contribution >= 0.6 is 0 Å². The minimum atomic E-state index is 0.191. The summed E-state index contributed by atoms with van der Waals surface area (Å²) in [6.45, 7) is 12.0. The van der Waals surface area contributed by atoms with Gasteiger partial charge in [-0.3, -0.25) is 4.90 Å². The molecule has 3 nitrogen and oxygen atoms in total. The van der Waals surface area contributed by atoms with Crippen molar-refractivity contribution in [1.82, 2.24) is 9.80 Å². The van der Waals surface area contributed by atoms with E-state index in [0.29, 0.717) is 6.04 Å². The number of piperazine rings is 1. The van der Waals surface area contributed by atoms with E-state index in [1.807, 2.05) is 0 Å². The zero-order valence-corrected chi connectivity index (χ0v) is 9.67. The summed E-state index contributed by atoms with van der Waals surface area (Å²) in [5.41, 5.74) is 5.42. The Balaban J connectivity index is 2.68. The molecule has 0 aromatic heterocycles. The molecular weight excluding hydrogens is 174 g/mol. The van der Waals surface area contributed by atoms with E-state index in [0.717, 1.165) is 19.6 Å². The van der Waals surface area contributed by atoms with Crippen LogP contribution in [0.5, 0.6) is 0 Å². The lowest BCUT2D eigenvalue weighted by Crippen LogP contribution is -2.60. The fourth-order valence-corrected chi connectivity index (χ4v) is 2.31. The second-order valence-corrected chi connectivity index (χ2v) is 4.78. The maximum atomic E-state index is 5.23. The summed E-state index contributed by atoms with van der Waals surface area (Å²) >= 11 is 0. The first-order valence-electron chi connectivity index (χ1n) is 5.20. The van der Waals surface area contributed by atoms with E-state index in [4.69, 9.17) is 5.73 Å². The predicted octanol–water partition coefficient (Wildman–Crippen LogP) is 0.668. The highest BCUT2D eigenvalue weighted by Gasteiger charge is 2.34. The van der Waals surface area contributed by atoms with Crippen LogP contribution in [0.4, 0.5) is 0 Å². The Morgan fingerprint density at radius 3 is 2.36 bits per heavy atom. The van der Waals surface area contributed by atoms with Gasteiger partial charge in [0.25, 0.3) is 0 Å². The Hall–Kier alpha value is -0.880. The average Bonchev–Trinajstić information content (AvgIpc) is 2.01. The topological polar surface area (TPSA) is 32.5 Å². The summed E-state index contributed by atoms with van der Waals surface area (Å²) < 4.78 is 0. The molecular formula is C11H21N3. The van der Waals surface area contributed by atoms with Crippen molar-refractivity contribution in [2.24, 2.45) is 5.73 Å². The third-order valence-corrected chi connectivity index (χ3v) is 2.81. The van der Waals surface area contributed by atoms with E-state index in [1.54, 1.807) is 0 Å². The van der Waals surface area contributed by atoms with Gasteiger partial charge in [-0.05, 0) is 27.7 Å². The first-order valence-corrected chi connectivity index (χ1v) is 5.20. The van der Waals surface area contributed by atoms with E-state index >= 15 is 0 Å². The van der Waals surface area contributed by atoms with E-state index < -0.39 is 0 Å². The van der Waals surface area contributed by atoms with E-state index in [1.165, 1.54) is 0 Å². The van der Waals surface area contributed by atoms with Crippen LogP contribution in [-0.4, -0.2) is 41.0 Å². The molecule has 0 bridgehead atoms. The van der Waals surface area contributed by atoms with E-state index in [-0.39, 0.29) is 5.54 Å². The minimum Gasteiger partial charge on any atom is -0.358 e. The summed E-state index contributed by atoms with van der Waals surface area (Å²) in [5.74, 6) is 0. The SMILES string of the molecule is CC(C)N1CCN(C#CN)CC1(C)C. The monoisotopic (exact) mass is 195 g/mol. The summed E-state index contributed by atoms with van der Waals surface area (Å²) in [6.07, 6.45) is 0. The summed E-state index contributed by atoms with van der Waals surface area (Å²) in [4.78, 5) is 4.63. The van der Waals surface area contributed by atoms with Gasteiger partial charge in [-0.15, -0.1) is 0 Å². The van der Waals surface area contributed by atoms with Crippen molar-refractivity contribution in [3.05, 3.63) is 0 Å². The molecule has 0 spiro atoms. The molecule has 3 heteroatoms. The largest absolute Gasteiger partial charge is 0.358 e. The van der Waals surface area contributed by atoms with Crippen LogP contribution in [-0.2, 0) is 0 Å². The smallest absolute Gasteiger partial charge is 0.0441 e. The molecule has 0 unspecified atom stereocenters. The molecule has 0 aromatic rings. The van der Waals surface area contributed by atoms with E-state index in [2.05, 4.69) is 49.6 Å². The Morgan fingerprint density at radius 1 is 1.29 bits per heavy atom. The van der Waals surface area contributed by atoms with Crippen LogP contribution in [0.25, 0.3) is 0 Å². The summed E-state index contributed by atoms with van der Waals surface area (Å²) in [5, 5.41) is 0. The molecule has 1 fully saturated rings. The van der Waals surface area contributed by atoms with Crippen molar-refractivity contribution in [2.45, 2.75) is 39.3 Å². The molecule has 0 atom stereocenters. The lowest BCUT2D eigenvalue weighted by atomic mass is 9.97. The maximum Gasteiger partial charge on any atom is 0.0441 e. The van der Waals surface area contributed by atoms with Crippen LogP contribution in [0.15, 0.2) is 0 Å². The van der Waals surface area contributed by atoms with Crippen LogP contribution in [0.2, 0.25) is 0 Å². The first kappa shape index (κ1) is 11.2. The predicted molar refractivity (Wildman–Crippen MR) is 59.5 cm³/mol. The molecule has 0 radical (unpaired) electrons. The molecule has 1 heterocycles. The molecule has 0 aliphatic carbocycles. The van der Waals surface area contributed by atoms with Crippen molar-refractivity contribution >= 4 is 0 Å². The first-order chi connectivity index (χ1) is 6.47. The Kier molecular flexibility index (Phi) is 3.28. The van der Waals surface area contributed by atoms with Gasteiger partial charge in [0.15, 0.2) is 0 Å². The summed E-state index contributed by atoms with van der Waals surface area (Å²) in [6, 6.07) is 6.01. The maximum absolute atomic E-state index is 5.23. The molecule has 80 valence electrons. The van der Waals surface area contributed by atoms with E-state index in [9.17, 15) is 0 Å². The molecule has 1 saturated heterocycles. The number of nitrogens with zero attached hydrogens (tertiary/aromatic N) is 2. The molecule has 1 aliphatic heterocycles. The zero-order chi connectivity index (χ0) is 10.8. The molecule has 2 N–H and O–H groups in total. The number of rotatable bonds is 1. The molecule has 0 amide bonds. The highest BCUT2D eigenvalue weighted by atomic mass is 15.3. The summed E-state index contributed by atoms with van der Waals surface area (Å²) in [7, 11) is 0. The molecule has 0 aromatic carbocycles. The van der Waals surface area contributed by atoms with Crippen molar-refractivity contribution in [2.75, 3.05) is 19.6 Å². The van der Waals surface area contributed by atoms with Gasteiger partial charge < -0.3 is 10.6 Å². The van der Waals surface area contributed by atoms with Gasteiger partial charge in [-0.25, -0.2) is 0 Å². The molecule has 0 saturated carbocycles. The number of hydrogen-bond acceptors (Lipinski definition) is 3. The zero-order valence-electron chi connectivity index (χ0n) is 9.67. The van der Waals surface area contributed by atoms with Gasteiger partial charge in [0.2, 0.25) is 0 Å². The van der Waals surface area contributed by atoms with Crippen LogP contribution < -0.4 is 5.73 Å². The Labute approximate surface area is 87.2 Å². The fraction of sp³-hybridized carbons (Fsp3) is 0.818. The van der Waals surface area contributed by atoms with Crippen molar-refractivity contribution in [3.63, 3.8) is 0 Å². The standard InChI is InChI=1S/C11H21N3/c1-10(2)14-8-7-13(6-5-12)9-11(14,3)4/h10H,7-9,12H2,1-4H3. The molecule has 1 aliphatic rings. The van der Waals surface area contributed by atoms with Gasteiger partial charge in [-0.2, -0.15) is 0 Å². The Morgan fingerprint density at radius 2 is 1.93 bits per heavy atom. The molecule has 14 heavy (non-hydrogen) atoms. The van der Waals surface area contributed by atoms with Crippen LogP contribution in [0.3, 0.4) is 0 Å². The van der Waals surface area contributed by atoms with Gasteiger partial charge in [0.1, 0.15) is 0 Å². The lowest BCUT2D eigenvalue weighted by molar-refractivity contribution is 0.0201. The van der Waals surface area contributed by atoms with Crippen LogP contribution in [0, 0.1) is 12.1 Å². The highest BCUT2D eigenvalue weighted by molar-refractivity contribution is 5.01. The lowest BCUT2D eigenvalue weighted by Gasteiger charge is -2.48. The average molecular weight is 195 g/mol. The fourth-order valence-electron chi connectivity index (χ4n) is 2.31. The number of nitrogens with two attached hydrogens (primary N) is 1. The second kappa shape index (κ2) is 4.10. The van der Waals surface area contributed by atoms with Crippen molar-refractivity contribution < 1.29 is 0 Å². The Bertz CT molecular complexity index is 247. The normalized spacial score (nSPS) is 21.9. The van der Waals surface area contributed by atoms with Gasteiger partial charge in [0.05, 0.1) is 0 Å². The van der Waals surface area contributed by atoms with Gasteiger partial charge >= 0.3 is 0 Å². The van der Waals surface area contributed by atoms with Gasteiger partial charge in [-0.1, -0.05) is 0 Å². The molecule has 1 rings (SSSR count). The van der Waals surface area contributed by atoms with Crippen molar-refractivity contribution in [1.29, 1.82) is 0 Å². The minimum absolute atomic E-state index is 0.191. The highest BCUT2D eigenvalue weighted by Crippen LogP contribution is 2.22. The second-order valence-electron chi connectivity index (χ2n) is 4.78.